The van der Waals surface area contributed by atoms with Gasteiger partial charge in [0.05, 0.1) is 12.7 Å². The van der Waals surface area contributed by atoms with Gasteiger partial charge in [-0.1, -0.05) is 12.2 Å². The number of nitrogens with zero attached hydrogens (tertiary/aromatic N) is 1. The average Bonchev–Trinajstić information content (AvgIpc) is 3.21. The maximum Gasteiger partial charge on any atom is 0.338 e. The van der Waals surface area contributed by atoms with Gasteiger partial charge in [-0.15, -0.1) is 0 Å². The van der Waals surface area contributed by atoms with E-state index in [0.717, 1.165) is 67.8 Å². The lowest BCUT2D eigenvalue weighted by molar-refractivity contribution is 0.0599. The Bertz CT molecular complexity index is 1150. The molecule has 2 aliphatic heterocycles. The third-order valence-corrected chi connectivity index (χ3v) is 8.02. The van der Waals surface area contributed by atoms with Crippen molar-refractivity contribution in [3.8, 4) is 11.1 Å². The van der Waals surface area contributed by atoms with E-state index < -0.39 is 5.97 Å². The molecule has 1 spiro atoms. The first-order valence-corrected chi connectivity index (χ1v) is 12.7. The standard InChI is InChI=1S/C29H34FNO4/c1-4-31(22-6-11-34-12-7-22)27-17-21(15-23(19(27)2)28(32)33-3)24-18-25-20(16-26(24)30)5-8-29(25)9-13-35-14-10-29/h5,8,15-18,22H,4,6-7,9-14H2,1-3H3. The highest BCUT2D eigenvalue weighted by molar-refractivity contribution is 5.95. The molecule has 2 aromatic carbocycles. The second-order valence-electron chi connectivity index (χ2n) is 9.81. The normalized spacial score (nSPS) is 19.1. The number of fused-ring (bicyclic) bond motifs is 2. The summed E-state index contributed by atoms with van der Waals surface area (Å²) in [4.78, 5) is 15.1. The van der Waals surface area contributed by atoms with Gasteiger partial charge in [0.15, 0.2) is 0 Å². The van der Waals surface area contributed by atoms with Crippen molar-refractivity contribution in [2.45, 2.75) is 51.0 Å². The number of anilines is 1. The van der Waals surface area contributed by atoms with Gasteiger partial charge < -0.3 is 19.1 Å². The number of benzene rings is 2. The lowest BCUT2D eigenvalue weighted by atomic mass is 9.75. The zero-order chi connectivity index (χ0) is 24.6. The van der Waals surface area contributed by atoms with Gasteiger partial charge in [-0.05, 0) is 86.1 Å². The van der Waals surface area contributed by atoms with Crippen LogP contribution in [-0.2, 0) is 19.6 Å². The van der Waals surface area contributed by atoms with Crippen LogP contribution in [0.3, 0.4) is 0 Å². The first-order chi connectivity index (χ1) is 17.0. The van der Waals surface area contributed by atoms with Crippen LogP contribution < -0.4 is 4.90 Å². The molecule has 6 heteroatoms. The first-order valence-electron chi connectivity index (χ1n) is 12.7. The van der Waals surface area contributed by atoms with Crippen molar-refractivity contribution in [2.24, 2.45) is 0 Å². The largest absolute Gasteiger partial charge is 0.465 e. The molecule has 186 valence electrons. The van der Waals surface area contributed by atoms with Crippen molar-refractivity contribution < 1.29 is 23.4 Å². The number of methoxy groups -OCH3 is 1. The molecule has 0 unspecified atom stereocenters. The third-order valence-electron chi connectivity index (χ3n) is 8.02. The molecule has 1 aliphatic carbocycles. The number of carbonyl (C=O) groups excluding carboxylic acids is 1. The van der Waals surface area contributed by atoms with Crippen LogP contribution in [0.5, 0.6) is 0 Å². The van der Waals surface area contributed by atoms with Crippen molar-refractivity contribution in [1.82, 2.24) is 0 Å². The Morgan fingerprint density at radius 2 is 1.83 bits per heavy atom. The molecule has 0 saturated carbocycles. The van der Waals surface area contributed by atoms with Crippen molar-refractivity contribution >= 4 is 17.7 Å². The number of ether oxygens (including phenoxy) is 3. The lowest BCUT2D eigenvalue weighted by Crippen LogP contribution is -2.40. The number of hydrogen-bond acceptors (Lipinski definition) is 5. The third kappa shape index (κ3) is 4.27. The minimum Gasteiger partial charge on any atom is -0.465 e. The van der Waals surface area contributed by atoms with Crippen LogP contribution in [0.1, 0.15) is 59.7 Å². The van der Waals surface area contributed by atoms with E-state index in [-0.39, 0.29) is 11.2 Å². The molecule has 5 rings (SSSR count). The van der Waals surface area contributed by atoms with Crippen LogP contribution in [0.2, 0.25) is 0 Å². The average molecular weight is 480 g/mol. The van der Waals surface area contributed by atoms with Gasteiger partial charge in [0.1, 0.15) is 5.82 Å². The molecule has 0 atom stereocenters. The zero-order valence-corrected chi connectivity index (χ0v) is 20.9. The van der Waals surface area contributed by atoms with E-state index in [1.54, 1.807) is 12.1 Å². The maximum atomic E-state index is 15.6. The molecule has 2 heterocycles. The van der Waals surface area contributed by atoms with Gasteiger partial charge in [0.25, 0.3) is 0 Å². The summed E-state index contributed by atoms with van der Waals surface area (Å²) in [5.74, 6) is -0.685. The monoisotopic (exact) mass is 479 g/mol. The molecule has 3 aliphatic rings. The van der Waals surface area contributed by atoms with E-state index in [2.05, 4.69) is 17.9 Å². The molecule has 2 aromatic rings. The number of rotatable bonds is 5. The summed E-state index contributed by atoms with van der Waals surface area (Å²) in [6.07, 6.45) is 7.89. The molecule has 0 aromatic heterocycles. The Kier molecular flexibility index (Phi) is 6.69. The topological polar surface area (TPSA) is 48.0 Å². The molecular weight excluding hydrogens is 445 g/mol. The minimum atomic E-state index is -0.405. The van der Waals surface area contributed by atoms with Crippen LogP contribution in [-0.4, -0.2) is 52.1 Å². The molecule has 0 N–H and O–H groups in total. The number of esters is 1. The van der Waals surface area contributed by atoms with E-state index in [1.807, 2.05) is 25.1 Å². The Balaban J connectivity index is 1.64. The van der Waals surface area contributed by atoms with E-state index in [4.69, 9.17) is 14.2 Å². The molecule has 0 bridgehead atoms. The Hall–Kier alpha value is -2.70. The summed E-state index contributed by atoms with van der Waals surface area (Å²) in [7, 11) is 1.39. The van der Waals surface area contributed by atoms with E-state index in [9.17, 15) is 4.79 Å². The highest BCUT2D eigenvalue weighted by Gasteiger charge is 2.37. The molecule has 2 saturated heterocycles. The van der Waals surface area contributed by atoms with Crippen molar-refractivity contribution in [1.29, 1.82) is 0 Å². The van der Waals surface area contributed by atoms with Crippen molar-refractivity contribution in [2.75, 3.05) is 45.0 Å². The zero-order valence-electron chi connectivity index (χ0n) is 20.9. The lowest BCUT2D eigenvalue weighted by Gasteiger charge is -2.37. The van der Waals surface area contributed by atoms with Crippen LogP contribution in [0.15, 0.2) is 30.3 Å². The second kappa shape index (κ2) is 9.75. The van der Waals surface area contributed by atoms with Crippen LogP contribution in [0.25, 0.3) is 17.2 Å². The Labute approximate surface area is 206 Å². The quantitative estimate of drug-likeness (QED) is 0.518. The fourth-order valence-electron chi connectivity index (χ4n) is 5.99. The number of allylic oxidation sites excluding steroid dienone is 1. The summed E-state index contributed by atoms with van der Waals surface area (Å²) in [6, 6.07) is 7.78. The van der Waals surface area contributed by atoms with Crippen molar-refractivity contribution in [3.05, 3.63) is 58.4 Å². The van der Waals surface area contributed by atoms with Crippen molar-refractivity contribution in [3.63, 3.8) is 0 Å². The van der Waals surface area contributed by atoms with E-state index >= 15 is 4.39 Å². The Morgan fingerprint density at radius 1 is 1.11 bits per heavy atom. The molecule has 2 fully saturated rings. The summed E-state index contributed by atoms with van der Waals surface area (Å²) in [5, 5.41) is 0. The minimum absolute atomic E-state index is 0.105. The van der Waals surface area contributed by atoms with Gasteiger partial charge in [0, 0.05) is 55.7 Å². The second-order valence-corrected chi connectivity index (χ2v) is 9.81. The SMILES string of the molecule is CCN(c1cc(-c2cc3c(cc2F)C=CC32CCOCC2)cc(C(=O)OC)c1C)C1CCOCC1. The van der Waals surface area contributed by atoms with Gasteiger partial charge in [0.2, 0.25) is 0 Å². The van der Waals surface area contributed by atoms with Gasteiger partial charge in [-0.3, -0.25) is 0 Å². The number of halogens is 1. The predicted molar refractivity (Wildman–Crippen MR) is 136 cm³/mol. The highest BCUT2D eigenvalue weighted by Crippen LogP contribution is 2.46. The van der Waals surface area contributed by atoms with Crippen LogP contribution >= 0.6 is 0 Å². The molecule has 0 radical (unpaired) electrons. The summed E-state index contributed by atoms with van der Waals surface area (Å²) >= 11 is 0. The van der Waals surface area contributed by atoms with E-state index in [0.29, 0.717) is 35.9 Å². The molecule has 35 heavy (non-hydrogen) atoms. The molecule has 0 amide bonds. The number of carbonyl (C=O) groups is 1. The smallest absolute Gasteiger partial charge is 0.338 e. The summed E-state index contributed by atoms with van der Waals surface area (Å²) < 4.78 is 31.9. The first kappa shape index (κ1) is 24.0. The number of hydrogen-bond donors (Lipinski definition) is 0. The maximum absolute atomic E-state index is 15.6. The van der Waals surface area contributed by atoms with E-state index in [1.165, 1.54) is 7.11 Å². The highest BCUT2D eigenvalue weighted by atomic mass is 19.1. The molecule has 5 nitrogen and oxygen atoms in total. The van der Waals surface area contributed by atoms with Gasteiger partial charge in [-0.2, -0.15) is 0 Å². The fraction of sp³-hybridized carbons (Fsp3) is 0.483. The fourth-order valence-corrected chi connectivity index (χ4v) is 5.99. The van der Waals surface area contributed by atoms with Crippen LogP contribution in [0.4, 0.5) is 10.1 Å². The predicted octanol–water partition coefficient (Wildman–Crippen LogP) is 5.67. The summed E-state index contributed by atoms with van der Waals surface area (Å²) in [6.45, 7) is 7.71. The van der Waals surface area contributed by atoms with Gasteiger partial charge >= 0.3 is 5.97 Å². The van der Waals surface area contributed by atoms with Crippen LogP contribution in [0, 0.1) is 12.7 Å². The Morgan fingerprint density at radius 3 is 2.51 bits per heavy atom. The summed E-state index contributed by atoms with van der Waals surface area (Å²) in [5.41, 5.74) is 5.49. The van der Waals surface area contributed by atoms with Gasteiger partial charge in [-0.25, -0.2) is 9.18 Å². The molecular formula is C29H34FNO4.